The third-order valence-corrected chi connectivity index (χ3v) is 4.85. The van der Waals surface area contributed by atoms with E-state index in [1.54, 1.807) is 12.1 Å². The Morgan fingerprint density at radius 2 is 1.66 bits per heavy atom. The van der Waals surface area contributed by atoms with Crippen LogP contribution in [0.25, 0.3) is 11.1 Å². The van der Waals surface area contributed by atoms with E-state index >= 15 is 0 Å². The summed E-state index contributed by atoms with van der Waals surface area (Å²) in [6.07, 6.45) is 1.02. The summed E-state index contributed by atoms with van der Waals surface area (Å²) in [5.74, 6) is -1.69. The van der Waals surface area contributed by atoms with E-state index in [0.717, 1.165) is 11.1 Å². The number of aryl methyl sites for hydroxylation is 2. The molecular formula is C23H22N3NaO5. The first-order valence-electron chi connectivity index (χ1n) is 9.58. The summed E-state index contributed by atoms with van der Waals surface area (Å²) in [4.78, 5) is 36.0. The van der Waals surface area contributed by atoms with Crippen LogP contribution in [0.5, 0.6) is 5.75 Å². The smallest absolute Gasteiger partial charge is 0.871 e. The quantitative estimate of drug-likeness (QED) is 0.455. The minimum atomic E-state index is -1.10. The molecule has 3 aromatic rings. The van der Waals surface area contributed by atoms with Gasteiger partial charge < -0.3 is 25.4 Å². The number of benzene rings is 2. The van der Waals surface area contributed by atoms with E-state index in [4.69, 9.17) is 0 Å². The monoisotopic (exact) mass is 443 g/mol. The molecule has 160 valence electrons. The fraction of sp³-hybridized carbons (Fsp3) is 0.174. The SMILES string of the molecule is Cc1cn(C)c(=O)c(NC(=O)N[C@@H](CC(=O)O)c2ccc(-c3ccccc3)cc2)c1[O-].[Na+]. The predicted molar refractivity (Wildman–Crippen MR) is 115 cm³/mol. The molecule has 0 saturated heterocycles. The van der Waals surface area contributed by atoms with Gasteiger partial charge in [0.2, 0.25) is 0 Å². The van der Waals surface area contributed by atoms with Crippen LogP contribution >= 0.6 is 0 Å². The van der Waals surface area contributed by atoms with E-state index < -0.39 is 29.4 Å². The van der Waals surface area contributed by atoms with Crippen molar-refractivity contribution in [2.24, 2.45) is 7.05 Å². The second kappa shape index (κ2) is 11.0. The maximum atomic E-state index is 12.5. The van der Waals surface area contributed by atoms with Crippen LogP contribution < -0.4 is 50.9 Å². The Balaban J connectivity index is 0.00000363. The van der Waals surface area contributed by atoms with Gasteiger partial charge in [-0.2, -0.15) is 0 Å². The average molecular weight is 443 g/mol. The summed E-state index contributed by atoms with van der Waals surface area (Å²) < 4.78 is 1.20. The van der Waals surface area contributed by atoms with Gasteiger partial charge in [-0.1, -0.05) is 60.3 Å². The van der Waals surface area contributed by atoms with Crippen LogP contribution in [0, 0.1) is 6.92 Å². The first-order chi connectivity index (χ1) is 14.8. The fourth-order valence-corrected chi connectivity index (χ4v) is 3.26. The van der Waals surface area contributed by atoms with Crippen LogP contribution in [0.1, 0.15) is 23.6 Å². The van der Waals surface area contributed by atoms with Gasteiger partial charge in [-0.05, 0) is 29.2 Å². The van der Waals surface area contributed by atoms with Crippen molar-refractivity contribution in [2.45, 2.75) is 19.4 Å². The number of urea groups is 1. The van der Waals surface area contributed by atoms with Crippen LogP contribution in [-0.4, -0.2) is 21.7 Å². The molecule has 0 radical (unpaired) electrons. The van der Waals surface area contributed by atoms with Gasteiger partial charge >= 0.3 is 41.6 Å². The molecule has 0 spiro atoms. The molecule has 1 aromatic heterocycles. The molecule has 0 aliphatic rings. The third kappa shape index (κ3) is 6.00. The summed E-state index contributed by atoms with van der Waals surface area (Å²) in [5.41, 5.74) is 1.81. The average Bonchev–Trinajstić information content (AvgIpc) is 2.75. The zero-order valence-electron chi connectivity index (χ0n) is 18.1. The summed E-state index contributed by atoms with van der Waals surface area (Å²) in [7, 11) is 1.47. The second-order valence-corrected chi connectivity index (χ2v) is 7.17. The number of hydrogen-bond acceptors (Lipinski definition) is 4. The number of rotatable bonds is 6. The fourth-order valence-electron chi connectivity index (χ4n) is 3.26. The molecule has 9 heteroatoms. The van der Waals surface area contributed by atoms with Gasteiger partial charge in [-0.15, -0.1) is 0 Å². The molecule has 3 rings (SSSR count). The number of aliphatic carboxylic acids is 1. The molecule has 2 aromatic carbocycles. The Labute approximate surface area is 207 Å². The first kappa shape index (κ1) is 25.2. The summed E-state index contributed by atoms with van der Waals surface area (Å²) >= 11 is 0. The number of hydrogen-bond donors (Lipinski definition) is 3. The van der Waals surface area contributed by atoms with Crippen molar-refractivity contribution in [2.75, 3.05) is 5.32 Å². The van der Waals surface area contributed by atoms with E-state index in [9.17, 15) is 24.6 Å². The maximum absolute atomic E-state index is 12.5. The van der Waals surface area contributed by atoms with Gasteiger partial charge in [0, 0.05) is 13.2 Å². The first-order valence-corrected chi connectivity index (χ1v) is 9.58. The molecule has 0 aliphatic carbocycles. The number of carbonyl (C=O) groups is 2. The van der Waals surface area contributed by atoms with Crippen molar-refractivity contribution in [3.05, 3.63) is 82.3 Å². The van der Waals surface area contributed by atoms with Crippen molar-refractivity contribution in [3.8, 4) is 16.9 Å². The van der Waals surface area contributed by atoms with Crippen LogP contribution in [-0.2, 0) is 11.8 Å². The van der Waals surface area contributed by atoms with E-state index in [1.807, 2.05) is 42.5 Å². The molecular weight excluding hydrogens is 421 g/mol. The molecule has 0 aliphatic heterocycles. The topological polar surface area (TPSA) is 123 Å². The molecule has 3 N–H and O–H groups in total. The number of carboxylic acid groups (broad SMARTS) is 1. The molecule has 1 atom stereocenters. The molecule has 2 amide bonds. The predicted octanol–water partition coefficient (Wildman–Crippen LogP) is -0.224. The summed E-state index contributed by atoms with van der Waals surface area (Å²) in [6.45, 7) is 1.53. The van der Waals surface area contributed by atoms with Crippen LogP contribution in [0.2, 0.25) is 0 Å². The Morgan fingerprint density at radius 3 is 2.25 bits per heavy atom. The van der Waals surface area contributed by atoms with Crippen LogP contribution in [0.3, 0.4) is 0 Å². The number of aromatic nitrogens is 1. The molecule has 0 unspecified atom stereocenters. The van der Waals surface area contributed by atoms with Gasteiger partial charge in [0.05, 0.1) is 12.5 Å². The maximum Gasteiger partial charge on any atom is 1.00 e. The number of carboxylic acids is 1. The molecule has 1 heterocycles. The Kier molecular flexibility index (Phi) is 8.65. The third-order valence-electron chi connectivity index (χ3n) is 4.85. The molecule has 32 heavy (non-hydrogen) atoms. The van der Waals surface area contributed by atoms with Crippen molar-refractivity contribution in [1.29, 1.82) is 0 Å². The second-order valence-electron chi connectivity index (χ2n) is 7.17. The van der Waals surface area contributed by atoms with E-state index in [2.05, 4.69) is 10.6 Å². The number of nitrogens with zero attached hydrogens (tertiary/aromatic N) is 1. The minimum absolute atomic E-state index is 0. The minimum Gasteiger partial charge on any atom is -0.871 e. The van der Waals surface area contributed by atoms with Gasteiger partial charge in [-0.25, -0.2) is 4.79 Å². The van der Waals surface area contributed by atoms with Crippen LogP contribution in [0.15, 0.2) is 65.6 Å². The number of anilines is 1. The number of amides is 2. The zero-order valence-corrected chi connectivity index (χ0v) is 20.1. The Bertz CT molecular complexity index is 1160. The van der Waals surface area contributed by atoms with E-state index in [1.165, 1.54) is 24.7 Å². The van der Waals surface area contributed by atoms with Crippen molar-refractivity contribution in [3.63, 3.8) is 0 Å². The Morgan fingerprint density at radius 1 is 1.06 bits per heavy atom. The van der Waals surface area contributed by atoms with Gasteiger partial charge in [0.15, 0.2) is 0 Å². The van der Waals surface area contributed by atoms with Crippen molar-refractivity contribution >= 4 is 17.7 Å². The van der Waals surface area contributed by atoms with E-state index in [-0.39, 0.29) is 41.7 Å². The zero-order chi connectivity index (χ0) is 22.5. The summed E-state index contributed by atoms with van der Waals surface area (Å²) in [6, 6.07) is 15.1. The molecule has 0 fully saturated rings. The number of pyridine rings is 1. The molecule has 0 saturated carbocycles. The van der Waals surface area contributed by atoms with Crippen molar-refractivity contribution < 1.29 is 49.4 Å². The number of nitrogens with one attached hydrogen (secondary N) is 2. The normalized spacial score (nSPS) is 11.2. The van der Waals surface area contributed by atoms with Crippen molar-refractivity contribution in [1.82, 2.24) is 9.88 Å². The van der Waals surface area contributed by atoms with Gasteiger partial charge in [0.25, 0.3) is 5.56 Å². The Hall–Kier alpha value is -3.07. The van der Waals surface area contributed by atoms with Crippen LogP contribution in [0.4, 0.5) is 10.5 Å². The standard InChI is InChI=1S/C23H23N3O5.Na/c1-14-13-26(2)22(30)20(21(14)29)25-23(31)24-18(12-19(27)28)17-10-8-16(9-11-17)15-6-4-3-5-7-15;/h3-11,13,18,29H,12H2,1-2H3,(H,27,28)(H2,24,25,31);/q;+1/p-1/t18-;/m0./s1. The van der Waals surface area contributed by atoms with Gasteiger partial charge in [0.1, 0.15) is 5.69 Å². The van der Waals surface area contributed by atoms with Gasteiger partial charge in [-0.3, -0.25) is 9.59 Å². The molecule has 8 nitrogen and oxygen atoms in total. The van der Waals surface area contributed by atoms with E-state index in [0.29, 0.717) is 11.1 Å². The largest absolute Gasteiger partial charge is 1.00 e. The number of carbonyl (C=O) groups excluding carboxylic acids is 1. The summed E-state index contributed by atoms with van der Waals surface area (Å²) in [5, 5.41) is 26.3. The molecule has 0 bridgehead atoms.